The number of anilines is 1. The van der Waals surface area contributed by atoms with Crippen LogP contribution in [0.4, 0.5) is 11.4 Å². The molecular weight excluding hydrogens is 506 g/mol. The molecule has 1 amide bonds. The second kappa shape index (κ2) is 14.3. The minimum Gasteiger partial charge on any atom is -0.473 e. The highest BCUT2D eigenvalue weighted by molar-refractivity contribution is 7.99. The summed E-state index contributed by atoms with van der Waals surface area (Å²) in [5.41, 5.74) is 1.21. The molecule has 196 valence electrons. The van der Waals surface area contributed by atoms with Crippen molar-refractivity contribution in [2.24, 2.45) is 0 Å². The fraction of sp³-hybridized carbons (Fsp3) is 0.273. The molecular formula is C22H25N7O7S. The molecule has 3 rings (SSSR count). The maximum Gasteiger partial charge on any atom is 0.414 e. The maximum atomic E-state index is 12.4. The number of carbonyl (C=O) groups excluding carboxylic acids is 1. The molecule has 0 unspecified atom stereocenters. The second-order valence-corrected chi connectivity index (χ2v) is 8.55. The van der Waals surface area contributed by atoms with E-state index in [9.17, 15) is 14.9 Å². The molecule has 0 spiro atoms. The van der Waals surface area contributed by atoms with Crippen molar-refractivity contribution in [3.05, 3.63) is 58.9 Å². The average Bonchev–Trinajstić information content (AvgIpc) is 3.26. The molecule has 0 aliphatic heterocycles. The van der Waals surface area contributed by atoms with Gasteiger partial charge < -0.3 is 25.0 Å². The summed E-state index contributed by atoms with van der Waals surface area (Å²) in [7, 11) is 4.04. The highest BCUT2D eigenvalue weighted by Crippen LogP contribution is 2.24. The molecule has 0 aliphatic carbocycles. The minimum absolute atomic E-state index is 0.0759. The lowest BCUT2D eigenvalue weighted by Gasteiger charge is -2.13. The van der Waals surface area contributed by atoms with Crippen LogP contribution in [0.1, 0.15) is 6.42 Å². The number of nitrogens with zero attached hydrogens (tertiary/aromatic N) is 6. The molecule has 3 aromatic rings. The lowest BCUT2D eigenvalue weighted by atomic mass is 10.2. The number of nitrogens with one attached hydrogen (secondary N) is 1. The van der Waals surface area contributed by atoms with Crippen LogP contribution in [0.25, 0.3) is 11.4 Å². The molecule has 0 aliphatic rings. The highest BCUT2D eigenvalue weighted by Gasteiger charge is 2.16. The lowest BCUT2D eigenvalue weighted by Crippen LogP contribution is -2.17. The van der Waals surface area contributed by atoms with Crippen molar-refractivity contribution < 1.29 is 29.5 Å². The van der Waals surface area contributed by atoms with E-state index in [4.69, 9.17) is 19.8 Å². The van der Waals surface area contributed by atoms with Gasteiger partial charge in [0.05, 0.1) is 10.7 Å². The van der Waals surface area contributed by atoms with Gasteiger partial charge in [0.15, 0.2) is 11.0 Å². The predicted molar refractivity (Wildman–Crippen MR) is 134 cm³/mol. The molecule has 15 heteroatoms. The van der Waals surface area contributed by atoms with Gasteiger partial charge in [-0.15, -0.1) is 10.2 Å². The van der Waals surface area contributed by atoms with Crippen LogP contribution >= 0.6 is 11.8 Å². The summed E-state index contributed by atoms with van der Waals surface area (Å²) < 4.78 is 2.00. The van der Waals surface area contributed by atoms with Crippen molar-refractivity contribution in [2.75, 3.05) is 31.7 Å². The van der Waals surface area contributed by atoms with E-state index < -0.39 is 16.9 Å². The normalized spacial score (nSPS) is 10.4. The first-order valence-electron chi connectivity index (χ1n) is 10.7. The van der Waals surface area contributed by atoms with Crippen LogP contribution in [-0.4, -0.2) is 84.0 Å². The highest BCUT2D eigenvalue weighted by atomic mass is 32.2. The molecule has 0 bridgehead atoms. The van der Waals surface area contributed by atoms with E-state index in [0.717, 1.165) is 24.4 Å². The topological polar surface area (TPSA) is 194 Å². The lowest BCUT2D eigenvalue weighted by molar-refractivity contribution is -0.384. The fourth-order valence-corrected chi connectivity index (χ4v) is 3.65. The fourth-order valence-electron chi connectivity index (χ4n) is 2.88. The molecule has 1 aromatic carbocycles. The summed E-state index contributed by atoms with van der Waals surface area (Å²) in [6.45, 7) is 1.61. The first-order valence-corrected chi connectivity index (χ1v) is 11.7. The monoisotopic (exact) mass is 531 g/mol. The van der Waals surface area contributed by atoms with E-state index in [1.807, 2.05) is 30.8 Å². The summed E-state index contributed by atoms with van der Waals surface area (Å²) in [4.78, 5) is 47.1. The van der Waals surface area contributed by atoms with Crippen LogP contribution in [0.3, 0.4) is 0 Å². The zero-order valence-corrected chi connectivity index (χ0v) is 20.8. The van der Waals surface area contributed by atoms with Crippen LogP contribution in [0, 0.1) is 10.1 Å². The van der Waals surface area contributed by atoms with Crippen molar-refractivity contribution in [3.63, 3.8) is 0 Å². The average molecular weight is 532 g/mol. The molecule has 0 radical (unpaired) electrons. The van der Waals surface area contributed by atoms with E-state index >= 15 is 0 Å². The van der Waals surface area contributed by atoms with Crippen molar-refractivity contribution in [1.82, 2.24) is 24.6 Å². The van der Waals surface area contributed by atoms with E-state index in [2.05, 4.69) is 25.4 Å². The molecule has 0 fully saturated rings. The number of aliphatic carboxylic acids is 2. The third-order valence-electron chi connectivity index (χ3n) is 4.50. The van der Waals surface area contributed by atoms with Crippen LogP contribution < -0.4 is 5.32 Å². The Labute approximate surface area is 215 Å². The molecule has 0 saturated carbocycles. The summed E-state index contributed by atoms with van der Waals surface area (Å²) in [5, 5.41) is 37.6. The van der Waals surface area contributed by atoms with Gasteiger partial charge in [0.1, 0.15) is 0 Å². The predicted octanol–water partition coefficient (Wildman–Crippen LogP) is 2.09. The summed E-state index contributed by atoms with van der Waals surface area (Å²) in [6.07, 6.45) is 4.30. The van der Waals surface area contributed by atoms with Gasteiger partial charge in [0.2, 0.25) is 5.91 Å². The number of hydrogen-bond donors (Lipinski definition) is 3. The van der Waals surface area contributed by atoms with Gasteiger partial charge in [0.25, 0.3) is 5.69 Å². The van der Waals surface area contributed by atoms with Crippen LogP contribution in [-0.2, 0) is 20.9 Å². The number of rotatable bonds is 10. The number of carboxylic acids is 2. The summed E-state index contributed by atoms with van der Waals surface area (Å²) >= 11 is 1.27. The van der Waals surface area contributed by atoms with Crippen LogP contribution in [0.5, 0.6) is 0 Å². The number of nitro benzene ring substituents is 1. The van der Waals surface area contributed by atoms with E-state index in [0.29, 0.717) is 17.4 Å². The SMILES string of the molecule is CN(C)CCCn1c(SCC(=O)Nc2cccc([N+](=O)[O-])c2)nnc1-c1ccncc1.O=C(O)C(=O)O. The number of hydrogen-bond acceptors (Lipinski definition) is 10. The smallest absolute Gasteiger partial charge is 0.414 e. The molecule has 0 saturated heterocycles. The van der Waals surface area contributed by atoms with E-state index in [1.165, 1.54) is 30.0 Å². The number of nitro groups is 1. The largest absolute Gasteiger partial charge is 0.473 e. The Hall–Kier alpha value is -4.37. The van der Waals surface area contributed by atoms with Gasteiger partial charge >= 0.3 is 11.9 Å². The Balaban J connectivity index is 0.000000717. The van der Waals surface area contributed by atoms with Gasteiger partial charge in [-0.05, 0) is 45.3 Å². The summed E-state index contributed by atoms with van der Waals surface area (Å²) in [5.74, 6) is -3.10. The van der Waals surface area contributed by atoms with Gasteiger partial charge in [-0.1, -0.05) is 17.8 Å². The number of aromatic nitrogens is 4. The third kappa shape index (κ3) is 9.65. The number of thioether (sulfide) groups is 1. The zero-order chi connectivity index (χ0) is 27.4. The van der Waals surface area contributed by atoms with E-state index in [1.54, 1.807) is 18.5 Å². The first kappa shape index (κ1) is 28.9. The molecule has 2 heterocycles. The number of carbonyl (C=O) groups is 3. The Bertz CT molecular complexity index is 1220. The molecule has 14 nitrogen and oxygen atoms in total. The van der Waals surface area contributed by atoms with Crippen molar-refractivity contribution in [1.29, 1.82) is 0 Å². The number of amides is 1. The zero-order valence-electron chi connectivity index (χ0n) is 20.0. The van der Waals surface area contributed by atoms with Gasteiger partial charge in [-0.3, -0.25) is 19.9 Å². The van der Waals surface area contributed by atoms with Gasteiger partial charge in [-0.25, -0.2) is 9.59 Å². The van der Waals surface area contributed by atoms with Crippen molar-refractivity contribution in [3.8, 4) is 11.4 Å². The molecule has 2 aromatic heterocycles. The van der Waals surface area contributed by atoms with Gasteiger partial charge in [-0.2, -0.15) is 0 Å². The quantitative estimate of drug-likeness (QED) is 0.149. The maximum absolute atomic E-state index is 12.4. The number of carboxylic acid groups (broad SMARTS) is 2. The van der Waals surface area contributed by atoms with Crippen molar-refractivity contribution >= 4 is 41.0 Å². The van der Waals surface area contributed by atoms with Crippen LogP contribution in [0.15, 0.2) is 53.9 Å². The molecule has 3 N–H and O–H groups in total. The molecule has 0 atom stereocenters. The first-order chi connectivity index (χ1) is 17.6. The minimum atomic E-state index is -1.82. The Morgan fingerprint density at radius 2 is 1.78 bits per heavy atom. The number of non-ortho nitro benzene ring substituents is 1. The standard InChI is InChI=1S/C20H23N7O3S.C2H2O4/c1-25(2)11-4-12-26-19(15-7-9-21-10-8-15)23-24-20(26)31-14-18(28)22-16-5-3-6-17(13-16)27(29)30;3-1(4)2(5)6/h3,5-10,13H,4,11-12,14H2,1-2H3,(H,22,28);(H,3,4)(H,5,6). The van der Waals surface area contributed by atoms with E-state index in [-0.39, 0.29) is 17.3 Å². The Morgan fingerprint density at radius 1 is 1.11 bits per heavy atom. The second-order valence-electron chi connectivity index (χ2n) is 7.61. The Kier molecular flexibility index (Phi) is 11.1. The number of benzene rings is 1. The van der Waals surface area contributed by atoms with Crippen molar-refractivity contribution in [2.45, 2.75) is 18.1 Å². The number of pyridine rings is 1. The molecule has 37 heavy (non-hydrogen) atoms. The van der Waals surface area contributed by atoms with Gasteiger partial charge in [0, 0.05) is 42.3 Å². The summed E-state index contributed by atoms with van der Waals surface area (Å²) in [6, 6.07) is 9.59. The Morgan fingerprint density at radius 3 is 2.38 bits per heavy atom. The van der Waals surface area contributed by atoms with Crippen LogP contribution in [0.2, 0.25) is 0 Å². The third-order valence-corrected chi connectivity index (χ3v) is 5.47.